The minimum absolute atomic E-state index is 0.532. The second-order valence-electron chi connectivity index (χ2n) is 4.93. The second kappa shape index (κ2) is 5.88. The van der Waals surface area contributed by atoms with Crippen molar-refractivity contribution in [3.63, 3.8) is 0 Å². The summed E-state index contributed by atoms with van der Waals surface area (Å²) in [6.07, 6.45) is 0.961. The summed E-state index contributed by atoms with van der Waals surface area (Å²) in [4.78, 5) is 0. The van der Waals surface area contributed by atoms with Gasteiger partial charge in [-0.2, -0.15) is 0 Å². The summed E-state index contributed by atoms with van der Waals surface area (Å²) >= 11 is 6.96. The standard InChI is InChI=1S/C16H14Br2O2/c17-13-3-1-2-10(6-13)15(19)9-12-8-14(18)7-11-4-5-20-16(11)12/h1-3,6-8,15,19H,4-5,9H2. The van der Waals surface area contributed by atoms with E-state index in [4.69, 9.17) is 4.74 Å². The first-order chi connectivity index (χ1) is 9.63. The Labute approximate surface area is 135 Å². The van der Waals surface area contributed by atoms with Crippen LogP contribution in [0.5, 0.6) is 5.75 Å². The van der Waals surface area contributed by atoms with Crippen LogP contribution in [0.3, 0.4) is 0 Å². The fourth-order valence-electron chi connectivity index (χ4n) is 2.54. The molecule has 20 heavy (non-hydrogen) atoms. The molecule has 2 aromatic rings. The molecule has 1 unspecified atom stereocenters. The number of hydrogen-bond acceptors (Lipinski definition) is 2. The number of aliphatic hydroxyl groups excluding tert-OH is 1. The highest BCUT2D eigenvalue weighted by molar-refractivity contribution is 9.10. The number of fused-ring (bicyclic) bond motifs is 1. The SMILES string of the molecule is OC(Cc1cc(Br)cc2c1OCC2)c1cccc(Br)c1. The van der Waals surface area contributed by atoms with Gasteiger partial charge in [-0.15, -0.1) is 0 Å². The monoisotopic (exact) mass is 396 g/mol. The van der Waals surface area contributed by atoms with Gasteiger partial charge in [0.05, 0.1) is 12.7 Å². The zero-order valence-electron chi connectivity index (χ0n) is 10.8. The van der Waals surface area contributed by atoms with Crippen molar-refractivity contribution in [2.45, 2.75) is 18.9 Å². The van der Waals surface area contributed by atoms with Gasteiger partial charge in [0, 0.05) is 21.8 Å². The molecule has 0 saturated carbocycles. The predicted octanol–water partition coefficient (Wildman–Crippen LogP) is 4.42. The summed E-state index contributed by atoms with van der Waals surface area (Å²) in [6, 6.07) is 11.9. The van der Waals surface area contributed by atoms with Gasteiger partial charge in [0.1, 0.15) is 5.75 Å². The number of ether oxygens (including phenoxy) is 1. The van der Waals surface area contributed by atoms with Crippen molar-refractivity contribution in [3.8, 4) is 5.75 Å². The molecule has 0 saturated heterocycles. The highest BCUT2D eigenvalue weighted by Gasteiger charge is 2.20. The van der Waals surface area contributed by atoms with E-state index in [0.717, 1.165) is 38.8 Å². The van der Waals surface area contributed by atoms with E-state index in [-0.39, 0.29) is 0 Å². The van der Waals surface area contributed by atoms with Gasteiger partial charge in [0.25, 0.3) is 0 Å². The second-order valence-corrected chi connectivity index (χ2v) is 6.76. The molecule has 2 aromatic carbocycles. The van der Waals surface area contributed by atoms with Gasteiger partial charge in [0.2, 0.25) is 0 Å². The van der Waals surface area contributed by atoms with Crippen molar-refractivity contribution in [1.29, 1.82) is 0 Å². The molecule has 3 rings (SSSR count). The lowest BCUT2D eigenvalue weighted by atomic mass is 9.99. The van der Waals surface area contributed by atoms with Gasteiger partial charge < -0.3 is 9.84 Å². The number of halogens is 2. The van der Waals surface area contributed by atoms with Crippen molar-refractivity contribution in [2.24, 2.45) is 0 Å². The van der Waals surface area contributed by atoms with E-state index in [1.807, 2.05) is 30.3 Å². The van der Waals surface area contributed by atoms with Crippen molar-refractivity contribution in [1.82, 2.24) is 0 Å². The third-order valence-electron chi connectivity index (χ3n) is 3.47. The molecule has 1 aliphatic rings. The van der Waals surface area contributed by atoms with Crippen LogP contribution < -0.4 is 4.74 Å². The van der Waals surface area contributed by atoms with Crippen LogP contribution in [0.1, 0.15) is 22.8 Å². The zero-order chi connectivity index (χ0) is 14.1. The van der Waals surface area contributed by atoms with Crippen LogP contribution in [0, 0.1) is 0 Å². The van der Waals surface area contributed by atoms with Crippen LogP contribution in [0.4, 0.5) is 0 Å². The number of hydrogen-bond donors (Lipinski definition) is 1. The largest absolute Gasteiger partial charge is 0.493 e. The highest BCUT2D eigenvalue weighted by atomic mass is 79.9. The summed E-state index contributed by atoms with van der Waals surface area (Å²) in [6.45, 7) is 0.728. The lowest BCUT2D eigenvalue weighted by molar-refractivity contribution is 0.177. The summed E-state index contributed by atoms with van der Waals surface area (Å²) < 4.78 is 7.72. The number of benzene rings is 2. The first kappa shape index (κ1) is 14.1. The maximum atomic E-state index is 10.4. The van der Waals surface area contributed by atoms with Crippen LogP contribution in [0.15, 0.2) is 45.3 Å². The predicted molar refractivity (Wildman–Crippen MR) is 86.1 cm³/mol. The lowest BCUT2D eigenvalue weighted by Gasteiger charge is -2.14. The van der Waals surface area contributed by atoms with Gasteiger partial charge >= 0.3 is 0 Å². The van der Waals surface area contributed by atoms with Crippen LogP contribution in [0.25, 0.3) is 0 Å². The molecule has 1 N–H and O–H groups in total. The van der Waals surface area contributed by atoms with E-state index in [0.29, 0.717) is 6.42 Å². The Kier molecular flexibility index (Phi) is 4.15. The van der Waals surface area contributed by atoms with Crippen LogP contribution in [0.2, 0.25) is 0 Å². The van der Waals surface area contributed by atoms with E-state index in [9.17, 15) is 5.11 Å². The molecule has 1 heterocycles. The van der Waals surface area contributed by atoms with Crippen molar-refractivity contribution >= 4 is 31.9 Å². The van der Waals surface area contributed by atoms with E-state index in [1.54, 1.807) is 0 Å². The van der Waals surface area contributed by atoms with Gasteiger partial charge in [-0.3, -0.25) is 0 Å². The molecule has 0 radical (unpaired) electrons. The molecule has 0 bridgehead atoms. The molecule has 104 valence electrons. The molecule has 4 heteroatoms. The third kappa shape index (κ3) is 2.92. The topological polar surface area (TPSA) is 29.5 Å². The van der Waals surface area contributed by atoms with E-state index >= 15 is 0 Å². The van der Waals surface area contributed by atoms with Gasteiger partial charge in [-0.25, -0.2) is 0 Å². The van der Waals surface area contributed by atoms with Crippen LogP contribution in [-0.4, -0.2) is 11.7 Å². The number of rotatable bonds is 3. The first-order valence-electron chi connectivity index (χ1n) is 6.51. The Morgan fingerprint density at radius 2 is 2.00 bits per heavy atom. The Morgan fingerprint density at radius 3 is 2.80 bits per heavy atom. The Bertz CT molecular complexity index is 640. The third-order valence-corrected chi connectivity index (χ3v) is 4.42. The lowest BCUT2D eigenvalue weighted by Crippen LogP contribution is -2.03. The zero-order valence-corrected chi connectivity index (χ0v) is 13.9. The average molecular weight is 398 g/mol. The molecule has 0 aromatic heterocycles. The Balaban J connectivity index is 1.88. The van der Waals surface area contributed by atoms with Crippen molar-refractivity contribution in [2.75, 3.05) is 6.61 Å². The molecule has 0 spiro atoms. The first-order valence-corrected chi connectivity index (χ1v) is 8.10. The molecule has 0 fully saturated rings. The smallest absolute Gasteiger partial charge is 0.125 e. The van der Waals surface area contributed by atoms with Gasteiger partial charge in [0.15, 0.2) is 0 Å². The van der Waals surface area contributed by atoms with Crippen LogP contribution in [-0.2, 0) is 12.8 Å². The van der Waals surface area contributed by atoms with Gasteiger partial charge in [-0.05, 0) is 41.0 Å². The highest BCUT2D eigenvalue weighted by Crippen LogP contribution is 2.35. The minimum atomic E-state index is -0.532. The number of aliphatic hydroxyl groups is 1. The molecule has 1 atom stereocenters. The summed E-state index contributed by atoms with van der Waals surface area (Å²) in [5, 5.41) is 10.4. The van der Waals surface area contributed by atoms with Crippen LogP contribution >= 0.6 is 31.9 Å². The fourth-order valence-corrected chi connectivity index (χ4v) is 3.51. The van der Waals surface area contributed by atoms with E-state index in [2.05, 4.69) is 37.9 Å². The van der Waals surface area contributed by atoms with E-state index in [1.165, 1.54) is 5.56 Å². The van der Waals surface area contributed by atoms with Crippen molar-refractivity contribution < 1.29 is 9.84 Å². The fraction of sp³-hybridized carbons (Fsp3) is 0.250. The van der Waals surface area contributed by atoms with Gasteiger partial charge in [-0.1, -0.05) is 44.0 Å². The summed E-state index contributed by atoms with van der Waals surface area (Å²) in [5.74, 6) is 0.947. The molecular weight excluding hydrogens is 384 g/mol. The molecular formula is C16H14Br2O2. The van der Waals surface area contributed by atoms with Crippen molar-refractivity contribution in [3.05, 3.63) is 62.0 Å². The Hall–Kier alpha value is -0.840. The Morgan fingerprint density at radius 1 is 1.15 bits per heavy atom. The molecule has 2 nitrogen and oxygen atoms in total. The summed E-state index contributed by atoms with van der Waals surface area (Å²) in [5.41, 5.74) is 3.18. The summed E-state index contributed by atoms with van der Waals surface area (Å²) in [7, 11) is 0. The molecule has 0 amide bonds. The quantitative estimate of drug-likeness (QED) is 0.830. The van der Waals surface area contributed by atoms with E-state index < -0.39 is 6.10 Å². The maximum absolute atomic E-state index is 10.4. The minimum Gasteiger partial charge on any atom is -0.493 e. The normalized spacial score (nSPS) is 14.8. The maximum Gasteiger partial charge on any atom is 0.125 e. The average Bonchev–Trinajstić information content (AvgIpc) is 2.86. The molecule has 0 aliphatic carbocycles. The molecule has 1 aliphatic heterocycles.